The van der Waals surface area contributed by atoms with Gasteiger partial charge < -0.3 is 10.4 Å². The third-order valence-corrected chi connectivity index (χ3v) is 5.45. The number of amides is 1. The molecule has 0 aliphatic heterocycles. The van der Waals surface area contributed by atoms with Crippen LogP contribution in [0.3, 0.4) is 0 Å². The molecule has 1 aliphatic carbocycles. The fraction of sp³-hybridized carbons (Fsp3) is 0.409. The number of carbonyl (C=O) groups excluding carboxylic acids is 1. The van der Waals surface area contributed by atoms with Gasteiger partial charge in [-0.2, -0.15) is 0 Å². The molecule has 0 heterocycles. The summed E-state index contributed by atoms with van der Waals surface area (Å²) in [5, 5.41) is 12.8. The van der Waals surface area contributed by atoms with Crippen LogP contribution in [0.15, 0.2) is 60.7 Å². The van der Waals surface area contributed by atoms with E-state index in [9.17, 15) is 9.90 Å². The molecule has 3 heteroatoms. The Balaban J connectivity index is 1.69. The molecule has 0 bridgehead atoms. The van der Waals surface area contributed by atoms with Gasteiger partial charge in [0.15, 0.2) is 0 Å². The molecule has 2 aromatic rings. The Morgan fingerprint density at radius 1 is 0.960 bits per heavy atom. The molecule has 1 fully saturated rings. The van der Waals surface area contributed by atoms with Crippen LogP contribution in [0, 0.1) is 5.41 Å². The van der Waals surface area contributed by atoms with Crippen LogP contribution in [0.4, 0.5) is 0 Å². The quantitative estimate of drug-likeness (QED) is 0.805. The monoisotopic (exact) mass is 337 g/mol. The minimum atomic E-state index is -0.106. The smallest absolute Gasteiger partial charge is 0.220 e. The van der Waals surface area contributed by atoms with Crippen molar-refractivity contribution in [3.63, 3.8) is 0 Å². The van der Waals surface area contributed by atoms with Crippen molar-refractivity contribution in [1.29, 1.82) is 0 Å². The van der Waals surface area contributed by atoms with Gasteiger partial charge in [-0.05, 0) is 24.0 Å². The Morgan fingerprint density at radius 3 is 1.96 bits per heavy atom. The van der Waals surface area contributed by atoms with Crippen LogP contribution >= 0.6 is 0 Å². The van der Waals surface area contributed by atoms with E-state index >= 15 is 0 Å². The molecule has 2 N–H and O–H groups in total. The molecule has 0 saturated heterocycles. The van der Waals surface area contributed by atoms with E-state index in [0.29, 0.717) is 13.0 Å². The Labute approximate surface area is 150 Å². The number of nitrogens with one attached hydrogen (secondary N) is 1. The minimum Gasteiger partial charge on any atom is -0.396 e. The van der Waals surface area contributed by atoms with Crippen LogP contribution in [-0.2, 0) is 4.79 Å². The lowest BCUT2D eigenvalue weighted by molar-refractivity contribution is -0.122. The van der Waals surface area contributed by atoms with Gasteiger partial charge in [-0.15, -0.1) is 0 Å². The number of benzene rings is 2. The molecule has 0 spiro atoms. The zero-order valence-corrected chi connectivity index (χ0v) is 14.7. The number of aliphatic hydroxyl groups is 1. The molecule has 0 atom stereocenters. The highest BCUT2D eigenvalue weighted by Crippen LogP contribution is 2.37. The van der Waals surface area contributed by atoms with Crippen molar-refractivity contribution in [3.05, 3.63) is 71.8 Å². The Hall–Kier alpha value is -2.13. The highest BCUT2D eigenvalue weighted by Gasteiger charge is 2.33. The van der Waals surface area contributed by atoms with Gasteiger partial charge in [0.2, 0.25) is 5.91 Å². The fourth-order valence-corrected chi connectivity index (χ4v) is 3.86. The van der Waals surface area contributed by atoms with Crippen molar-refractivity contribution in [2.45, 2.75) is 38.0 Å². The second kappa shape index (κ2) is 8.30. The highest BCUT2D eigenvalue weighted by atomic mass is 16.3. The third-order valence-electron chi connectivity index (χ3n) is 5.45. The lowest BCUT2D eigenvalue weighted by Gasteiger charge is -2.27. The summed E-state index contributed by atoms with van der Waals surface area (Å²) in [5.74, 6) is 0.105. The maximum atomic E-state index is 12.6. The predicted octanol–water partition coefficient (Wildman–Crippen LogP) is 3.88. The molecule has 2 aromatic carbocycles. The largest absolute Gasteiger partial charge is 0.396 e. The standard InChI is InChI=1S/C22H27NO2/c24-17-22(13-7-8-14-22)16-23-21(25)15-20(18-9-3-1-4-10-18)19-11-5-2-6-12-19/h1-6,9-12,20,24H,7-8,13-17H2,(H,23,25). The summed E-state index contributed by atoms with van der Waals surface area (Å²) in [6.45, 7) is 0.743. The van der Waals surface area contributed by atoms with Crippen LogP contribution in [-0.4, -0.2) is 24.2 Å². The fourth-order valence-electron chi connectivity index (χ4n) is 3.86. The normalized spacial score (nSPS) is 16.1. The first-order chi connectivity index (χ1) is 12.2. The summed E-state index contributed by atoms with van der Waals surface area (Å²) < 4.78 is 0. The van der Waals surface area contributed by atoms with Crippen molar-refractivity contribution in [1.82, 2.24) is 5.32 Å². The van der Waals surface area contributed by atoms with E-state index in [4.69, 9.17) is 0 Å². The molecule has 1 saturated carbocycles. The Bertz CT molecular complexity index is 623. The maximum absolute atomic E-state index is 12.6. The van der Waals surface area contributed by atoms with Crippen molar-refractivity contribution < 1.29 is 9.90 Å². The van der Waals surface area contributed by atoms with Gasteiger partial charge in [-0.3, -0.25) is 4.79 Å². The molecule has 25 heavy (non-hydrogen) atoms. The first-order valence-corrected chi connectivity index (χ1v) is 9.20. The van der Waals surface area contributed by atoms with Gasteiger partial charge in [0.1, 0.15) is 0 Å². The number of hydrogen-bond acceptors (Lipinski definition) is 2. The second-order valence-electron chi connectivity index (χ2n) is 7.22. The summed E-state index contributed by atoms with van der Waals surface area (Å²) in [6, 6.07) is 20.4. The molecule has 3 nitrogen and oxygen atoms in total. The zero-order valence-electron chi connectivity index (χ0n) is 14.7. The maximum Gasteiger partial charge on any atom is 0.220 e. The predicted molar refractivity (Wildman–Crippen MR) is 100 cm³/mol. The summed E-state index contributed by atoms with van der Waals surface area (Å²) in [4.78, 5) is 12.6. The van der Waals surface area contributed by atoms with Crippen molar-refractivity contribution in [2.75, 3.05) is 13.2 Å². The minimum absolute atomic E-state index is 0.0519. The average molecular weight is 337 g/mol. The van der Waals surface area contributed by atoms with Crippen molar-refractivity contribution >= 4 is 5.91 Å². The van der Waals surface area contributed by atoms with E-state index in [1.165, 1.54) is 0 Å². The number of hydrogen-bond donors (Lipinski definition) is 2. The van der Waals surface area contributed by atoms with Crippen LogP contribution in [0.2, 0.25) is 0 Å². The Kier molecular flexibility index (Phi) is 5.87. The number of aliphatic hydroxyl groups excluding tert-OH is 1. The Morgan fingerprint density at radius 2 is 1.48 bits per heavy atom. The molecule has 0 radical (unpaired) electrons. The van der Waals surface area contributed by atoms with Crippen LogP contribution in [0.1, 0.15) is 49.1 Å². The number of carbonyl (C=O) groups is 1. The van der Waals surface area contributed by atoms with Crippen molar-refractivity contribution in [2.24, 2.45) is 5.41 Å². The molecule has 0 unspecified atom stereocenters. The lowest BCUT2D eigenvalue weighted by Crippen LogP contribution is -2.38. The summed E-state index contributed by atoms with van der Waals surface area (Å²) in [7, 11) is 0. The van der Waals surface area contributed by atoms with Gasteiger partial charge in [-0.1, -0.05) is 73.5 Å². The second-order valence-corrected chi connectivity index (χ2v) is 7.22. The van der Waals surface area contributed by atoms with E-state index in [2.05, 4.69) is 29.6 Å². The molecule has 1 aliphatic rings. The molecular weight excluding hydrogens is 310 g/mol. The summed E-state index contributed by atoms with van der Waals surface area (Å²) in [5.41, 5.74) is 2.20. The topological polar surface area (TPSA) is 49.3 Å². The summed E-state index contributed by atoms with van der Waals surface area (Å²) in [6.07, 6.45) is 4.73. The zero-order chi connectivity index (χ0) is 17.5. The molecular formula is C22H27NO2. The first-order valence-electron chi connectivity index (χ1n) is 9.20. The van der Waals surface area contributed by atoms with E-state index in [-0.39, 0.29) is 23.8 Å². The lowest BCUT2D eigenvalue weighted by atomic mass is 9.86. The average Bonchev–Trinajstić information content (AvgIpc) is 3.15. The van der Waals surface area contributed by atoms with Gasteiger partial charge in [-0.25, -0.2) is 0 Å². The van der Waals surface area contributed by atoms with Crippen LogP contribution in [0.5, 0.6) is 0 Å². The van der Waals surface area contributed by atoms with Gasteiger partial charge in [0, 0.05) is 24.3 Å². The van der Waals surface area contributed by atoms with Crippen molar-refractivity contribution in [3.8, 4) is 0 Å². The van der Waals surface area contributed by atoms with E-state index < -0.39 is 0 Å². The highest BCUT2D eigenvalue weighted by molar-refractivity contribution is 5.77. The molecule has 1 amide bonds. The van der Waals surface area contributed by atoms with E-state index in [1.807, 2.05) is 36.4 Å². The molecule has 0 aromatic heterocycles. The van der Waals surface area contributed by atoms with E-state index in [1.54, 1.807) is 0 Å². The van der Waals surface area contributed by atoms with Crippen LogP contribution in [0.25, 0.3) is 0 Å². The molecule has 132 valence electrons. The van der Waals surface area contributed by atoms with Gasteiger partial charge in [0.25, 0.3) is 0 Å². The number of rotatable bonds is 7. The van der Waals surface area contributed by atoms with Gasteiger partial charge >= 0.3 is 0 Å². The van der Waals surface area contributed by atoms with E-state index in [0.717, 1.165) is 36.8 Å². The van der Waals surface area contributed by atoms with Gasteiger partial charge in [0.05, 0.1) is 6.61 Å². The SMILES string of the molecule is O=C(CC(c1ccccc1)c1ccccc1)NCC1(CO)CCCC1. The summed E-state index contributed by atoms with van der Waals surface area (Å²) >= 11 is 0. The van der Waals surface area contributed by atoms with Crippen LogP contribution < -0.4 is 5.32 Å². The molecule has 3 rings (SSSR count). The third kappa shape index (κ3) is 4.49. The first kappa shape index (κ1) is 17.7.